The van der Waals surface area contributed by atoms with E-state index in [-0.39, 0.29) is 17.5 Å². The maximum absolute atomic E-state index is 10.9. The Labute approximate surface area is 124 Å². The highest BCUT2D eigenvalue weighted by atomic mass is 79.9. The van der Waals surface area contributed by atoms with Gasteiger partial charge in [-0.15, -0.1) is 0 Å². The van der Waals surface area contributed by atoms with Crippen molar-refractivity contribution in [2.45, 2.75) is 13.0 Å². The average molecular weight is 337 g/mol. The van der Waals surface area contributed by atoms with Gasteiger partial charge in [0.15, 0.2) is 0 Å². The Bertz CT molecular complexity index is 644. The van der Waals surface area contributed by atoms with Gasteiger partial charge in [0.1, 0.15) is 5.75 Å². The predicted molar refractivity (Wildman–Crippen MR) is 79.9 cm³/mol. The molecule has 2 N–H and O–H groups in total. The fourth-order valence-corrected chi connectivity index (χ4v) is 2.17. The summed E-state index contributed by atoms with van der Waals surface area (Å²) in [6, 6.07) is 11.6. The van der Waals surface area contributed by atoms with Gasteiger partial charge in [0.25, 0.3) is 0 Å². The molecule has 0 aliphatic rings. The summed E-state index contributed by atoms with van der Waals surface area (Å²) in [6.45, 7) is 1.88. The lowest BCUT2D eigenvalue weighted by atomic mass is 10.1. The molecule has 0 bridgehead atoms. The smallest absolute Gasteiger partial charge is 0.311 e. The van der Waals surface area contributed by atoms with Crippen molar-refractivity contribution in [3.63, 3.8) is 0 Å². The van der Waals surface area contributed by atoms with Crippen molar-refractivity contribution in [1.29, 1.82) is 0 Å². The lowest BCUT2D eigenvalue weighted by Crippen LogP contribution is -2.04. The predicted octanol–water partition coefficient (Wildman–Crippen LogP) is 4.17. The van der Waals surface area contributed by atoms with Gasteiger partial charge in [-0.25, -0.2) is 0 Å². The first-order chi connectivity index (χ1) is 9.49. The van der Waals surface area contributed by atoms with Gasteiger partial charge < -0.3 is 10.5 Å². The fourth-order valence-electron chi connectivity index (χ4n) is 1.70. The van der Waals surface area contributed by atoms with Crippen LogP contribution in [0.25, 0.3) is 0 Å². The van der Waals surface area contributed by atoms with Crippen molar-refractivity contribution >= 4 is 21.6 Å². The first-order valence-electron chi connectivity index (χ1n) is 5.95. The SMILES string of the molecule is C[C@H](N)c1ccc(Oc2ccccc2[N+](=O)[O-])c(Br)c1. The van der Waals surface area contributed by atoms with Crippen molar-refractivity contribution < 1.29 is 9.66 Å². The van der Waals surface area contributed by atoms with E-state index in [1.54, 1.807) is 24.3 Å². The maximum atomic E-state index is 10.9. The van der Waals surface area contributed by atoms with E-state index < -0.39 is 4.92 Å². The van der Waals surface area contributed by atoms with E-state index in [4.69, 9.17) is 10.5 Å². The number of nitro benzene ring substituents is 1. The third-order valence-corrected chi connectivity index (χ3v) is 3.38. The zero-order valence-corrected chi connectivity index (χ0v) is 12.3. The van der Waals surface area contributed by atoms with Crippen LogP contribution in [0.2, 0.25) is 0 Å². The molecule has 0 unspecified atom stereocenters. The molecule has 20 heavy (non-hydrogen) atoms. The van der Waals surface area contributed by atoms with Crippen LogP contribution in [0.3, 0.4) is 0 Å². The van der Waals surface area contributed by atoms with Gasteiger partial charge in [-0.3, -0.25) is 10.1 Å². The summed E-state index contributed by atoms with van der Waals surface area (Å²) in [5.41, 5.74) is 6.68. The van der Waals surface area contributed by atoms with Crippen LogP contribution in [0.1, 0.15) is 18.5 Å². The van der Waals surface area contributed by atoms with Crippen LogP contribution in [0.4, 0.5) is 5.69 Å². The quantitative estimate of drug-likeness (QED) is 0.671. The van der Waals surface area contributed by atoms with Gasteiger partial charge in [-0.1, -0.05) is 18.2 Å². The standard InChI is InChI=1S/C14H13BrN2O3/c1-9(16)10-6-7-13(11(15)8-10)20-14-5-3-2-4-12(14)17(18)19/h2-9H,16H2,1H3/t9-/m0/s1. The molecule has 0 saturated carbocycles. The Morgan fingerprint density at radius 1 is 1.25 bits per heavy atom. The largest absolute Gasteiger partial charge is 0.449 e. The molecule has 6 heteroatoms. The molecule has 2 rings (SSSR count). The van der Waals surface area contributed by atoms with Crippen molar-refractivity contribution in [3.05, 3.63) is 62.6 Å². The van der Waals surface area contributed by atoms with E-state index >= 15 is 0 Å². The van der Waals surface area contributed by atoms with Crippen molar-refractivity contribution in [3.8, 4) is 11.5 Å². The first kappa shape index (κ1) is 14.5. The Kier molecular flexibility index (Phi) is 4.36. The number of nitro groups is 1. The molecule has 1 atom stereocenters. The van der Waals surface area contributed by atoms with E-state index in [2.05, 4.69) is 15.9 Å². The minimum absolute atomic E-state index is 0.0735. The number of hydrogen-bond acceptors (Lipinski definition) is 4. The molecule has 2 aromatic carbocycles. The molecule has 0 amide bonds. The van der Waals surface area contributed by atoms with Crippen LogP contribution in [0.15, 0.2) is 46.9 Å². The molecule has 0 radical (unpaired) electrons. The Hall–Kier alpha value is -1.92. The Morgan fingerprint density at radius 2 is 1.95 bits per heavy atom. The maximum Gasteiger partial charge on any atom is 0.311 e. The van der Waals surface area contributed by atoms with Gasteiger partial charge in [0, 0.05) is 12.1 Å². The van der Waals surface area contributed by atoms with Gasteiger partial charge in [-0.05, 0) is 46.6 Å². The van der Waals surface area contributed by atoms with E-state index in [1.165, 1.54) is 6.07 Å². The number of rotatable bonds is 4. The van der Waals surface area contributed by atoms with E-state index in [0.717, 1.165) is 5.56 Å². The molecular weight excluding hydrogens is 324 g/mol. The second-order valence-electron chi connectivity index (χ2n) is 4.31. The summed E-state index contributed by atoms with van der Waals surface area (Å²) in [5, 5.41) is 10.9. The zero-order valence-electron chi connectivity index (χ0n) is 10.7. The summed E-state index contributed by atoms with van der Waals surface area (Å²) in [7, 11) is 0. The van der Waals surface area contributed by atoms with E-state index in [9.17, 15) is 10.1 Å². The lowest BCUT2D eigenvalue weighted by molar-refractivity contribution is -0.385. The van der Waals surface area contributed by atoms with Gasteiger partial charge >= 0.3 is 5.69 Å². The molecule has 0 aliphatic carbocycles. The average Bonchev–Trinajstić information content (AvgIpc) is 2.41. The highest BCUT2D eigenvalue weighted by molar-refractivity contribution is 9.10. The normalized spacial score (nSPS) is 11.9. The molecule has 0 heterocycles. The minimum atomic E-state index is -0.473. The third-order valence-electron chi connectivity index (χ3n) is 2.76. The number of para-hydroxylation sites is 2. The zero-order chi connectivity index (χ0) is 14.7. The van der Waals surface area contributed by atoms with E-state index in [1.807, 2.05) is 19.1 Å². The summed E-state index contributed by atoms with van der Waals surface area (Å²) < 4.78 is 6.31. The van der Waals surface area contributed by atoms with Crippen molar-refractivity contribution in [2.75, 3.05) is 0 Å². The summed E-state index contributed by atoms with van der Waals surface area (Å²) >= 11 is 3.38. The highest BCUT2D eigenvalue weighted by Crippen LogP contribution is 2.35. The first-order valence-corrected chi connectivity index (χ1v) is 6.74. The number of hydrogen-bond donors (Lipinski definition) is 1. The van der Waals surface area contributed by atoms with Gasteiger partial charge in [-0.2, -0.15) is 0 Å². The number of benzene rings is 2. The number of nitrogens with zero attached hydrogens (tertiary/aromatic N) is 1. The molecule has 5 nitrogen and oxygen atoms in total. The van der Waals surface area contributed by atoms with E-state index in [0.29, 0.717) is 10.2 Å². The second kappa shape index (κ2) is 6.02. The molecule has 2 aromatic rings. The number of nitrogens with two attached hydrogens (primary N) is 1. The molecule has 0 saturated heterocycles. The van der Waals surface area contributed by atoms with Crippen LogP contribution in [-0.4, -0.2) is 4.92 Å². The van der Waals surface area contributed by atoms with Crippen LogP contribution in [0.5, 0.6) is 11.5 Å². The summed E-state index contributed by atoms with van der Waals surface area (Å²) in [5.74, 6) is 0.704. The van der Waals surface area contributed by atoms with Gasteiger partial charge in [0.05, 0.1) is 9.40 Å². The minimum Gasteiger partial charge on any atom is -0.449 e. The molecule has 0 aromatic heterocycles. The lowest BCUT2D eigenvalue weighted by Gasteiger charge is -2.11. The Morgan fingerprint density at radius 3 is 2.55 bits per heavy atom. The third kappa shape index (κ3) is 3.15. The molecule has 0 fully saturated rings. The molecule has 0 spiro atoms. The summed E-state index contributed by atoms with van der Waals surface area (Å²) in [4.78, 5) is 10.5. The van der Waals surface area contributed by atoms with Crippen LogP contribution >= 0.6 is 15.9 Å². The molecule has 0 aliphatic heterocycles. The van der Waals surface area contributed by atoms with Crippen molar-refractivity contribution in [2.24, 2.45) is 5.73 Å². The topological polar surface area (TPSA) is 78.4 Å². The highest BCUT2D eigenvalue weighted by Gasteiger charge is 2.15. The van der Waals surface area contributed by atoms with Crippen LogP contribution < -0.4 is 10.5 Å². The van der Waals surface area contributed by atoms with Gasteiger partial charge in [0.2, 0.25) is 5.75 Å². The van der Waals surface area contributed by atoms with Crippen LogP contribution in [0, 0.1) is 10.1 Å². The monoisotopic (exact) mass is 336 g/mol. The van der Waals surface area contributed by atoms with Crippen LogP contribution in [-0.2, 0) is 0 Å². The fraction of sp³-hybridized carbons (Fsp3) is 0.143. The summed E-state index contributed by atoms with van der Waals surface area (Å²) in [6.07, 6.45) is 0. The number of ether oxygens (including phenoxy) is 1. The van der Waals surface area contributed by atoms with Crippen molar-refractivity contribution in [1.82, 2.24) is 0 Å². The molecular formula is C14H13BrN2O3. The molecule has 104 valence electrons. The Balaban J connectivity index is 2.33. The number of halogens is 1. The second-order valence-corrected chi connectivity index (χ2v) is 5.16.